The Hall–Kier alpha value is -1.51. The molecule has 0 radical (unpaired) electrons. The number of ether oxygens (including phenoxy) is 2. The second kappa shape index (κ2) is 39.0. The van der Waals surface area contributed by atoms with E-state index in [2.05, 4.69) is 38.2 Å². The van der Waals surface area contributed by atoms with E-state index in [9.17, 15) is 14.2 Å². The van der Waals surface area contributed by atoms with Gasteiger partial charge in [0.1, 0.15) is 19.8 Å². The minimum Gasteiger partial charge on any atom is -0.462 e. The molecule has 330 valence electrons. The molecule has 2 unspecified atom stereocenters. The van der Waals surface area contributed by atoms with E-state index < -0.39 is 13.9 Å². The molecule has 0 aromatic heterocycles. The molecule has 0 aromatic carbocycles. The van der Waals surface area contributed by atoms with E-state index in [1.165, 1.54) is 96.3 Å². The van der Waals surface area contributed by atoms with Crippen molar-refractivity contribution in [1.29, 1.82) is 0 Å². The predicted molar refractivity (Wildman–Crippen MR) is 234 cm³/mol. The number of esters is 2. The number of hydrogen-bond acceptors (Lipinski definition) is 8. The number of rotatable bonds is 42. The summed E-state index contributed by atoms with van der Waals surface area (Å²) in [4.78, 5) is 25.4. The van der Waals surface area contributed by atoms with Crippen LogP contribution in [-0.2, 0) is 37.2 Å². The van der Waals surface area contributed by atoms with Crippen molar-refractivity contribution < 1.29 is 41.7 Å². The molecular formula is C46H89NO8P+. The molecule has 0 aromatic rings. The number of allylic oxidation sites excluding steroid dienone is 4. The monoisotopic (exact) mass is 815 g/mol. The lowest BCUT2D eigenvalue weighted by atomic mass is 10.1. The van der Waals surface area contributed by atoms with Gasteiger partial charge in [0.15, 0.2) is 6.10 Å². The number of likely N-dealkylation sites (N-methyl/N-ethyl adjacent to an activating group) is 1. The van der Waals surface area contributed by atoms with E-state index >= 15 is 0 Å². The van der Waals surface area contributed by atoms with Gasteiger partial charge in [0, 0.05) is 12.8 Å². The molecule has 56 heavy (non-hydrogen) atoms. The van der Waals surface area contributed by atoms with Crippen LogP contribution in [0.3, 0.4) is 0 Å². The molecule has 0 fully saturated rings. The van der Waals surface area contributed by atoms with Gasteiger partial charge in [-0.15, -0.1) is 0 Å². The number of phosphoric ester groups is 1. The Morgan fingerprint density at radius 2 is 0.929 bits per heavy atom. The normalized spacial score (nSPS) is 13.8. The largest absolute Gasteiger partial charge is 0.475 e. The maximum absolute atomic E-state index is 13.3. The molecule has 0 rings (SSSR count). The summed E-state index contributed by atoms with van der Waals surface area (Å²) in [6.07, 6.45) is 39.8. The van der Waals surface area contributed by atoms with E-state index in [4.69, 9.17) is 23.0 Å². The van der Waals surface area contributed by atoms with Crippen molar-refractivity contribution in [2.45, 2.75) is 207 Å². The van der Waals surface area contributed by atoms with E-state index in [1.54, 1.807) is 6.92 Å². The SMILES string of the molecule is CCCCCCCC/C=C\CCCCCCCC(=O)OCC(COP(=O)(OCC)OCC[N+](C)(C)C)OC(=O)CCCCCCC/C=C\CCCCCCCC. The number of hydrogen-bond donors (Lipinski definition) is 0. The van der Waals surface area contributed by atoms with Crippen molar-refractivity contribution in [3.8, 4) is 0 Å². The maximum atomic E-state index is 13.3. The molecule has 10 heteroatoms. The molecule has 0 heterocycles. The van der Waals surface area contributed by atoms with Gasteiger partial charge in [0.2, 0.25) is 0 Å². The predicted octanol–water partition coefficient (Wildman–Crippen LogP) is 13.4. The van der Waals surface area contributed by atoms with Crippen LogP contribution in [0.2, 0.25) is 0 Å². The Balaban J connectivity index is 4.57. The van der Waals surface area contributed by atoms with E-state index in [-0.39, 0.29) is 44.8 Å². The first kappa shape index (κ1) is 54.5. The molecule has 0 aliphatic carbocycles. The van der Waals surface area contributed by atoms with Crippen molar-refractivity contribution in [3.63, 3.8) is 0 Å². The lowest BCUT2D eigenvalue weighted by Gasteiger charge is -2.25. The van der Waals surface area contributed by atoms with Gasteiger partial charge < -0.3 is 14.0 Å². The summed E-state index contributed by atoms with van der Waals surface area (Å²) in [5, 5.41) is 0. The third-order valence-electron chi connectivity index (χ3n) is 9.73. The average molecular weight is 815 g/mol. The highest BCUT2D eigenvalue weighted by Crippen LogP contribution is 2.49. The van der Waals surface area contributed by atoms with Crippen LogP contribution < -0.4 is 0 Å². The third kappa shape index (κ3) is 39.3. The fourth-order valence-corrected chi connectivity index (χ4v) is 7.36. The van der Waals surface area contributed by atoms with Gasteiger partial charge in [-0.2, -0.15) is 0 Å². The molecule has 0 aliphatic heterocycles. The van der Waals surface area contributed by atoms with Crippen LogP contribution in [0.5, 0.6) is 0 Å². The number of unbranched alkanes of at least 4 members (excludes halogenated alkanes) is 22. The number of quaternary nitrogens is 1. The van der Waals surface area contributed by atoms with Crippen molar-refractivity contribution >= 4 is 19.8 Å². The summed E-state index contributed by atoms with van der Waals surface area (Å²) in [5.74, 6) is -0.727. The highest BCUT2D eigenvalue weighted by atomic mass is 31.2. The summed E-state index contributed by atoms with van der Waals surface area (Å²) in [7, 11) is 2.12. The Morgan fingerprint density at radius 1 is 0.518 bits per heavy atom. The summed E-state index contributed by atoms with van der Waals surface area (Å²) < 4.78 is 41.7. The molecular weight excluding hydrogens is 725 g/mol. The molecule has 0 aliphatic rings. The minimum absolute atomic E-state index is 0.131. The molecule has 0 N–H and O–H groups in total. The van der Waals surface area contributed by atoms with Gasteiger partial charge in [-0.25, -0.2) is 4.57 Å². The minimum atomic E-state index is -3.90. The number of carbonyl (C=O) groups excluding carboxylic acids is 2. The molecule has 0 saturated heterocycles. The van der Waals surface area contributed by atoms with Gasteiger partial charge in [-0.05, 0) is 71.1 Å². The zero-order valence-corrected chi connectivity index (χ0v) is 38.3. The van der Waals surface area contributed by atoms with Crippen LogP contribution >= 0.6 is 7.82 Å². The molecule has 0 spiro atoms. The first-order valence-corrected chi connectivity index (χ1v) is 24.5. The first-order valence-electron chi connectivity index (χ1n) is 23.0. The number of nitrogens with zero attached hydrogens (tertiary/aromatic N) is 1. The van der Waals surface area contributed by atoms with E-state index in [1.807, 2.05) is 21.1 Å². The van der Waals surface area contributed by atoms with Crippen molar-refractivity contribution in [1.82, 2.24) is 0 Å². The lowest BCUT2D eigenvalue weighted by Crippen LogP contribution is -2.37. The summed E-state index contributed by atoms with van der Waals surface area (Å²) >= 11 is 0. The average Bonchev–Trinajstić information content (AvgIpc) is 3.15. The Labute approximate surface area is 345 Å². The molecule has 2 atom stereocenters. The lowest BCUT2D eigenvalue weighted by molar-refractivity contribution is -0.870. The molecule has 0 amide bonds. The van der Waals surface area contributed by atoms with Crippen LogP contribution in [0, 0.1) is 0 Å². The highest BCUT2D eigenvalue weighted by Gasteiger charge is 2.30. The third-order valence-corrected chi connectivity index (χ3v) is 11.3. The number of phosphoric acid groups is 1. The van der Waals surface area contributed by atoms with Gasteiger partial charge >= 0.3 is 19.8 Å². The zero-order chi connectivity index (χ0) is 41.4. The quantitative estimate of drug-likeness (QED) is 0.0198. The van der Waals surface area contributed by atoms with Crippen LogP contribution in [0.25, 0.3) is 0 Å². The van der Waals surface area contributed by atoms with Gasteiger partial charge in [0.25, 0.3) is 0 Å². The fourth-order valence-electron chi connectivity index (χ4n) is 6.17. The standard InChI is InChI=1S/C46H89NO8P/c1-7-10-12-14-16-18-20-22-24-26-28-30-32-34-36-38-45(48)51-42-44(43-54-56(50,52-9-3)53-41-40-47(4,5)6)55-46(49)39-37-35-33-31-29-27-25-23-21-19-17-15-13-11-8-2/h22-25,44H,7-21,26-43H2,1-6H3/q+1/b24-22-,25-23-. The van der Waals surface area contributed by atoms with E-state index in [0.717, 1.165) is 70.6 Å². The Bertz CT molecular complexity index is 1010. The van der Waals surface area contributed by atoms with Crippen LogP contribution in [0.15, 0.2) is 24.3 Å². The van der Waals surface area contributed by atoms with Gasteiger partial charge in [0.05, 0.1) is 34.4 Å². The van der Waals surface area contributed by atoms with Crippen LogP contribution in [-0.4, -0.2) is 76.6 Å². The number of carbonyl (C=O) groups is 2. The molecule has 9 nitrogen and oxygen atoms in total. The summed E-state index contributed by atoms with van der Waals surface area (Å²) in [6.45, 7) is 6.69. The fraction of sp³-hybridized carbons (Fsp3) is 0.870. The smallest absolute Gasteiger partial charge is 0.462 e. The van der Waals surface area contributed by atoms with Crippen molar-refractivity contribution in [2.75, 3.05) is 54.1 Å². The Morgan fingerprint density at radius 3 is 1.36 bits per heavy atom. The highest BCUT2D eigenvalue weighted by molar-refractivity contribution is 7.48. The Kier molecular flexibility index (Phi) is 37.9. The first-order chi connectivity index (χ1) is 27.0. The van der Waals surface area contributed by atoms with Crippen LogP contribution in [0.4, 0.5) is 0 Å². The van der Waals surface area contributed by atoms with Gasteiger partial charge in [-0.1, -0.05) is 141 Å². The van der Waals surface area contributed by atoms with Crippen LogP contribution in [0.1, 0.15) is 201 Å². The van der Waals surface area contributed by atoms with Gasteiger partial charge in [-0.3, -0.25) is 23.2 Å². The second-order valence-electron chi connectivity index (χ2n) is 16.5. The maximum Gasteiger partial charge on any atom is 0.475 e. The van der Waals surface area contributed by atoms with Crippen molar-refractivity contribution in [2.24, 2.45) is 0 Å². The van der Waals surface area contributed by atoms with E-state index in [0.29, 0.717) is 17.4 Å². The topological polar surface area (TPSA) is 97.4 Å². The molecule has 0 bridgehead atoms. The zero-order valence-electron chi connectivity index (χ0n) is 37.4. The van der Waals surface area contributed by atoms with Crippen molar-refractivity contribution in [3.05, 3.63) is 24.3 Å². The molecule has 0 saturated carbocycles. The summed E-state index contributed by atoms with van der Waals surface area (Å²) in [5.41, 5.74) is 0. The summed E-state index contributed by atoms with van der Waals surface area (Å²) in [6, 6.07) is 0. The second-order valence-corrected chi connectivity index (χ2v) is 18.1.